The fourth-order valence-corrected chi connectivity index (χ4v) is 18.8. The highest BCUT2D eigenvalue weighted by atomic mass is 32.1. The molecule has 17 aromatic rings. The summed E-state index contributed by atoms with van der Waals surface area (Å²) >= 11 is 3.76. The Balaban J connectivity index is 0.828. The average molecular weight is 1160 g/mol. The molecule has 0 unspecified atom stereocenters. The van der Waals surface area contributed by atoms with Crippen molar-refractivity contribution in [2.24, 2.45) is 0 Å². The summed E-state index contributed by atoms with van der Waals surface area (Å²) in [7, 11) is 0. The molecule has 0 N–H and O–H groups in total. The third-order valence-corrected chi connectivity index (χ3v) is 22.4. The normalized spacial score (nSPS) is 13.8. The van der Waals surface area contributed by atoms with Gasteiger partial charge in [0.1, 0.15) is 0 Å². The van der Waals surface area contributed by atoms with Gasteiger partial charge in [-0.25, -0.2) is 0 Å². The maximum Gasteiger partial charge on any atom is 0.333 e. The highest BCUT2D eigenvalue weighted by Gasteiger charge is 2.47. The van der Waals surface area contributed by atoms with Crippen molar-refractivity contribution < 1.29 is 0 Å². The number of nitrogens with zero attached hydrogens (tertiary/aromatic N) is 4. The summed E-state index contributed by atoms with van der Waals surface area (Å²) in [6.07, 6.45) is 4.48. The van der Waals surface area contributed by atoms with E-state index in [0.29, 0.717) is 0 Å². The molecule has 0 spiro atoms. The summed E-state index contributed by atoms with van der Waals surface area (Å²) in [5, 5.41) is 18.5. The summed E-state index contributed by atoms with van der Waals surface area (Å²) in [5.74, 6) is 0. The van der Waals surface area contributed by atoms with E-state index in [4.69, 9.17) is 6.58 Å². The van der Waals surface area contributed by atoms with Crippen LogP contribution < -0.4 is 31.7 Å². The van der Waals surface area contributed by atoms with Crippen molar-refractivity contribution in [2.45, 2.75) is 6.92 Å². The molecule has 410 valence electrons. The Kier molecular flexibility index (Phi) is 9.56. The molecule has 0 amide bonds. The van der Waals surface area contributed by atoms with Gasteiger partial charge in [-0.2, -0.15) is 0 Å². The van der Waals surface area contributed by atoms with E-state index in [0.717, 1.165) is 11.3 Å². The van der Waals surface area contributed by atoms with Crippen LogP contribution in [0.4, 0.5) is 34.1 Å². The van der Waals surface area contributed by atoms with E-state index in [1.165, 1.54) is 185 Å². The molecule has 4 nitrogen and oxygen atoms in total. The van der Waals surface area contributed by atoms with Crippen LogP contribution in [0.15, 0.2) is 261 Å². The van der Waals surface area contributed by atoms with Gasteiger partial charge in [0.15, 0.2) is 0 Å². The fraction of sp³-hybridized carbons (Fsp3) is 0.0123. The van der Waals surface area contributed by atoms with E-state index in [2.05, 4.69) is 286 Å². The minimum absolute atomic E-state index is 0.0958. The zero-order chi connectivity index (χ0) is 58.1. The quantitative estimate of drug-likeness (QED) is 0.163. The summed E-state index contributed by atoms with van der Waals surface area (Å²) in [6.45, 7) is 7.02. The molecule has 0 saturated heterocycles. The lowest BCUT2D eigenvalue weighted by Crippen LogP contribution is -2.58. The van der Waals surface area contributed by atoms with Crippen LogP contribution in [0.5, 0.6) is 0 Å². The van der Waals surface area contributed by atoms with E-state index >= 15 is 0 Å². The van der Waals surface area contributed by atoms with Crippen LogP contribution in [0.25, 0.3) is 129 Å². The number of hydrogen-bond acceptors (Lipinski definition) is 4. The summed E-state index contributed by atoms with van der Waals surface area (Å²) in [5.41, 5.74) is 24.8. The van der Waals surface area contributed by atoms with Crippen LogP contribution in [0.1, 0.15) is 23.7 Å². The Hall–Kier alpha value is -10.6. The number of fused-ring (bicyclic) bond motifs is 23. The van der Waals surface area contributed by atoms with Crippen LogP contribution in [-0.4, -0.2) is 22.7 Å². The first-order chi connectivity index (χ1) is 44.0. The van der Waals surface area contributed by atoms with Gasteiger partial charge in [0, 0.05) is 87.2 Å². The van der Waals surface area contributed by atoms with Gasteiger partial charge in [-0.1, -0.05) is 183 Å². The zero-order valence-electron chi connectivity index (χ0n) is 48.3. The molecule has 8 heterocycles. The van der Waals surface area contributed by atoms with Crippen molar-refractivity contribution in [1.29, 1.82) is 0 Å². The molecule has 89 heavy (non-hydrogen) atoms. The highest BCUT2D eigenvalue weighted by Crippen LogP contribution is 2.53. The van der Waals surface area contributed by atoms with Gasteiger partial charge in [0.2, 0.25) is 0 Å². The Morgan fingerprint density at radius 3 is 1.78 bits per heavy atom. The van der Waals surface area contributed by atoms with Crippen molar-refractivity contribution >= 4 is 200 Å². The van der Waals surface area contributed by atoms with Gasteiger partial charge in [-0.15, -0.1) is 22.7 Å². The predicted molar refractivity (Wildman–Crippen MR) is 386 cm³/mol. The number of aromatic nitrogens is 2. The topological polar surface area (TPSA) is 16.3 Å². The molecule has 0 bridgehead atoms. The number of anilines is 6. The van der Waals surface area contributed by atoms with Crippen LogP contribution in [0, 0.1) is 0 Å². The number of hydrogen-bond donors (Lipinski definition) is 0. The van der Waals surface area contributed by atoms with Crippen LogP contribution in [0.2, 0.25) is 0 Å². The summed E-state index contributed by atoms with van der Waals surface area (Å²) < 4.78 is 7.90. The number of para-hydroxylation sites is 3. The van der Waals surface area contributed by atoms with Crippen molar-refractivity contribution in [3.63, 3.8) is 0 Å². The lowest BCUT2D eigenvalue weighted by molar-refractivity contribution is 1.19. The number of thiophene rings is 2. The second-order valence-corrected chi connectivity index (χ2v) is 26.6. The summed E-state index contributed by atoms with van der Waals surface area (Å²) in [6, 6.07) is 92.4. The van der Waals surface area contributed by atoms with Crippen molar-refractivity contribution in [2.75, 3.05) is 9.80 Å². The largest absolute Gasteiger partial charge is 0.375 e. The van der Waals surface area contributed by atoms with Crippen LogP contribution >= 0.6 is 22.7 Å². The highest BCUT2D eigenvalue weighted by molar-refractivity contribution is 7.22. The van der Waals surface area contributed by atoms with Gasteiger partial charge in [-0.3, -0.25) is 0 Å². The number of allylic oxidation sites excluding steroid dienone is 1. The maximum atomic E-state index is 5.12. The van der Waals surface area contributed by atoms with Crippen molar-refractivity contribution in [3.05, 3.63) is 278 Å². The van der Waals surface area contributed by atoms with E-state index in [1.54, 1.807) is 0 Å². The molecular formula is C81H48B2N4S2. The molecule has 21 rings (SSSR count). The van der Waals surface area contributed by atoms with E-state index < -0.39 is 0 Å². The third kappa shape index (κ3) is 6.29. The number of rotatable bonds is 4. The maximum absolute atomic E-state index is 5.12. The number of benzene rings is 13. The third-order valence-electron chi connectivity index (χ3n) is 20.3. The molecule has 4 aliphatic rings. The van der Waals surface area contributed by atoms with Gasteiger partial charge in [0.05, 0.1) is 16.1 Å². The van der Waals surface area contributed by atoms with E-state index in [1.807, 2.05) is 22.7 Å². The van der Waals surface area contributed by atoms with Gasteiger partial charge >= 0.3 is 13.7 Å². The van der Waals surface area contributed by atoms with E-state index in [-0.39, 0.29) is 13.7 Å². The van der Waals surface area contributed by atoms with E-state index in [9.17, 15) is 0 Å². The SMILES string of the molecule is C=C1c2cc3sc(-c4ccc5c6c(ccc5c4)N(c4ccc5ccccc5c4)c4c5c(cc7ccsc47)-c4cccc7c8ccccc8n(c47)B56)cc3c3c2B(c2c(ccc4ccccc24)N3c2ccc3ccccc3c2)n2c1c(/C=C\C)c1ccccc12. The second-order valence-electron chi connectivity index (χ2n) is 24.6. The molecule has 8 heteroatoms. The molecule has 0 aliphatic carbocycles. The Morgan fingerprint density at radius 1 is 0.416 bits per heavy atom. The van der Waals surface area contributed by atoms with Crippen LogP contribution in [-0.2, 0) is 0 Å². The van der Waals surface area contributed by atoms with Gasteiger partial charge in [0.25, 0.3) is 0 Å². The van der Waals surface area contributed by atoms with Gasteiger partial charge in [-0.05, 0) is 184 Å². The second kappa shape index (κ2) is 17.5. The first-order valence-corrected chi connectivity index (χ1v) is 32.5. The van der Waals surface area contributed by atoms with Crippen molar-refractivity contribution in [1.82, 2.24) is 8.96 Å². The lowest BCUT2D eigenvalue weighted by Gasteiger charge is -2.42. The van der Waals surface area contributed by atoms with Gasteiger partial charge < -0.3 is 18.8 Å². The molecule has 0 fully saturated rings. The minimum Gasteiger partial charge on any atom is -0.375 e. The molecule has 0 saturated carbocycles. The standard InChI is InChI=1S/C81H48B2N4S2/c1-3-15-61-59-22-10-12-26-67(59)86-77(61)46(2)64-44-72-66(79-75(64)82(86)73-57-21-9-8-18-49(57)31-36-69(73)84(79)55-33-28-47-16-4-6-19-50(47)41-55)45-71(89-72)53-30-35-58-52(40-53)32-37-70-74(58)83-76-65(63-25-14-24-62-60-23-11-13-27-68(60)87(83)78(62)63)43-54-38-39-88-81(54)80(76)85(70)56-34-29-48-17-5-7-20-51(48)42-56/h3-45H,2H2,1H3/b15-3-. The molecule has 0 atom stereocenters. The lowest BCUT2D eigenvalue weighted by atomic mass is 9.44. The van der Waals surface area contributed by atoms with Crippen molar-refractivity contribution in [3.8, 4) is 21.6 Å². The Bertz CT molecular complexity index is 6150. The first kappa shape index (κ1) is 48.5. The molecule has 4 aromatic heterocycles. The molecule has 0 radical (unpaired) electrons. The van der Waals surface area contributed by atoms with Crippen LogP contribution in [0.3, 0.4) is 0 Å². The first-order valence-electron chi connectivity index (χ1n) is 30.8. The average Bonchev–Trinajstić information content (AvgIpc) is 1.68. The predicted octanol–water partition coefficient (Wildman–Crippen LogP) is 19.7. The Morgan fingerprint density at radius 2 is 1.02 bits per heavy atom. The monoisotopic (exact) mass is 1160 g/mol. The zero-order valence-corrected chi connectivity index (χ0v) is 49.9. The minimum atomic E-state index is -0.136. The Labute approximate surface area is 521 Å². The molecular weight excluding hydrogens is 1110 g/mol. The fourth-order valence-electron chi connectivity index (χ4n) is 16.7. The molecule has 13 aromatic carbocycles. The smallest absolute Gasteiger partial charge is 0.333 e. The molecule has 4 aliphatic heterocycles. The summed E-state index contributed by atoms with van der Waals surface area (Å²) in [4.78, 5) is 6.45.